The van der Waals surface area contributed by atoms with Crippen molar-refractivity contribution in [3.63, 3.8) is 0 Å². The molecule has 0 aliphatic heterocycles. The van der Waals surface area contributed by atoms with E-state index in [1.54, 1.807) is 19.1 Å². The quantitative estimate of drug-likeness (QED) is 0.677. The summed E-state index contributed by atoms with van der Waals surface area (Å²) < 4.78 is 0. The zero-order valence-corrected chi connectivity index (χ0v) is 12.4. The summed E-state index contributed by atoms with van der Waals surface area (Å²) in [6.45, 7) is 6.50. The molecule has 2 rings (SSSR count). The molecular formula is C13H16N4O2S. The summed E-state index contributed by atoms with van der Waals surface area (Å²) in [5.41, 5.74) is 1.49. The molecular weight excluding hydrogens is 276 g/mol. The van der Waals surface area contributed by atoms with Crippen molar-refractivity contribution in [3.8, 4) is 10.6 Å². The summed E-state index contributed by atoms with van der Waals surface area (Å²) in [4.78, 5) is 10.6. The largest absolute Gasteiger partial charge is 0.308 e. The number of benzene rings is 1. The van der Waals surface area contributed by atoms with Gasteiger partial charge in [-0.1, -0.05) is 37.3 Å². The molecule has 1 heterocycles. The molecule has 7 heteroatoms. The Morgan fingerprint density at radius 3 is 2.80 bits per heavy atom. The lowest BCUT2D eigenvalue weighted by atomic mass is 10.1. The molecule has 20 heavy (non-hydrogen) atoms. The average Bonchev–Trinajstić information content (AvgIpc) is 2.85. The minimum atomic E-state index is -0.374. The Kier molecular flexibility index (Phi) is 4.41. The first-order valence-electron chi connectivity index (χ1n) is 6.28. The molecule has 0 atom stereocenters. The number of aromatic nitrogens is 2. The molecule has 106 valence electrons. The van der Waals surface area contributed by atoms with Gasteiger partial charge in [-0.3, -0.25) is 10.1 Å². The summed E-state index contributed by atoms with van der Waals surface area (Å²) >= 11 is 1.45. The van der Waals surface area contributed by atoms with Crippen LogP contribution in [0.5, 0.6) is 0 Å². The molecule has 0 fully saturated rings. The Balaban J connectivity index is 2.24. The molecule has 0 radical (unpaired) electrons. The highest BCUT2D eigenvalue weighted by atomic mass is 32.1. The lowest BCUT2D eigenvalue weighted by Gasteiger charge is -2.03. The number of nitrogens with zero attached hydrogens (tertiary/aromatic N) is 3. The number of nitro groups is 1. The van der Waals surface area contributed by atoms with Gasteiger partial charge in [0.2, 0.25) is 0 Å². The third-order valence-corrected chi connectivity index (χ3v) is 3.75. The van der Waals surface area contributed by atoms with Crippen molar-refractivity contribution in [2.75, 3.05) is 0 Å². The average molecular weight is 292 g/mol. The number of hydrogen-bond donors (Lipinski definition) is 1. The molecule has 1 aromatic carbocycles. The second-order valence-corrected chi connectivity index (χ2v) is 5.86. The minimum Gasteiger partial charge on any atom is -0.308 e. The third kappa shape index (κ3) is 3.37. The highest BCUT2D eigenvalue weighted by Crippen LogP contribution is 2.28. The van der Waals surface area contributed by atoms with E-state index in [0.717, 1.165) is 10.6 Å². The maximum atomic E-state index is 11.0. The van der Waals surface area contributed by atoms with Gasteiger partial charge in [-0.15, -0.1) is 10.2 Å². The second-order valence-electron chi connectivity index (χ2n) is 4.79. The lowest BCUT2D eigenvalue weighted by molar-refractivity contribution is -0.385. The van der Waals surface area contributed by atoms with Crippen molar-refractivity contribution in [2.24, 2.45) is 0 Å². The van der Waals surface area contributed by atoms with Crippen LogP contribution < -0.4 is 5.32 Å². The van der Waals surface area contributed by atoms with E-state index in [0.29, 0.717) is 23.2 Å². The van der Waals surface area contributed by atoms with Gasteiger partial charge in [0.1, 0.15) is 10.0 Å². The molecule has 0 aliphatic rings. The van der Waals surface area contributed by atoms with E-state index in [2.05, 4.69) is 29.4 Å². The highest BCUT2D eigenvalue weighted by Gasteiger charge is 2.14. The van der Waals surface area contributed by atoms with Crippen LogP contribution in [0.1, 0.15) is 24.4 Å². The van der Waals surface area contributed by atoms with Crippen molar-refractivity contribution in [1.82, 2.24) is 15.5 Å². The van der Waals surface area contributed by atoms with Crippen LogP contribution in [0.4, 0.5) is 5.69 Å². The number of nitrogens with one attached hydrogen (secondary N) is 1. The van der Waals surface area contributed by atoms with Crippen LogP contribution in [0.25, 0.3) is 10.6 Å². The highest BCUT2D eigenvalue weighted by molar-refractivity contribution is 7.14. The van der Waals surface area contributed by atoms with E-state index < -0.39 is 0 Å². The van der Waals surface area contributed by atoms with Crippen molar-refractivity contribution in [1.29, 1.82) is 0 Å². The summed E-state index contributed by atoms with van der Waals surface area (Å²) in [5.74, 6) is 0. The first-order valence-corrected chi connectivity index (χ1v) is 7.10. The SMILES string of the molecule is Cc1ccc(-c2nnc(CNC(C)C)s2)cc1[N+](=O)[O-]. The Morgan fingerprint density at radius 1 is 1.40 bits per heavy atom. The molecule has 0 bridgehead atoms. The molecule has 0 unspecified atom stereocenters. The van der Waals surface area contributed by atoms with E-state index in [1.165, 1.54) is 11.3 Å². The summed E-state index contributed by atoms with van der Waals surface area (Å²) in [6, 6.07) is 5.50. The molecule has 0 saturated heterocycles. The van der Waals surface area contributed by atoms with Crippen LogP contribution in [-0.2, 0) is 6.54 Å². The number of rotatable bonds is 5. The van der Waals surface area contributed by atoms with Gasteiger partial charge >= 0.3 is 0 Å². The fourth-order valence-electron chi connectivity index (χ4n) is 1.67. The van der Waals surface area contributed by atoms with Gasteiger partial charge in [-0.05, 0) is 6.92 Å². The fraction of sp³-hybridized carbons (Fsp3) is 0.385. The van der Waals surface area contributed by atoms with Crippen LogP contribution in [0.3, 0.4) is 0 Å². The summed E-state index contributed by atoms with van der Waals surface area (Å²) in [6.07, 6.45) is 0. The van der Waals surface area contributed by atoms with Crippen molar-refractivity contribution in [2.45, 2.75) is 33.4 Å². The van der Waals surface area contributed by atoms with Gasteiger partial charge < -0.3 is 5.32 Å². The zero-order chi connectivity index (χ0) is 14.7. The van der Waals surface area contributed by atoms with Crippen molar-refractivity contribution < 1.29 is 4.92 Å². The van der Waals surface area contributed by atoms with Crippen molar-refractivity contribution >= 4 is 17.0 Å². The minimum absolute atomic E-state index is 0.111. The van der Waals surface area contributed by atoms with Gasteiger partial charge in [0.15, 0.2) is 0 Å². The van der Waals surface area contributed by atoms with Crippen LogP contribution in [0.2, 0.25) is 0 Å². The van der Waals surface area contributed by atoms with Gasteiger partial charge in [0.25, 0.3) is 5.69 Å². The Hall–Kier alpha value is -1.86. The number of nitro benzene ring substituents is 1. The smallest absolute Gasteiger partial charge is 0.273 e. The molecule has 2 aromatic rings. The number of hydrogen-bond acceptors (Lipinski definition) is 6. The molecule has 0 saturated carbocycles. The second kappa shape index (κ2) is 6.06. The van der Waals surface area contributed by atoms with Crippen LogP contribution in [0.15, 0.2) is 18.2 Å². The predicted molar refractivity (Wildman–Crippen MR) is 78.7 cm³/mol. The van der Waals surface area contributed by atoms with Gasteiger partial charge in [0.05, 0.1) is 4.92 Å². The van der Waals surface area contributed by atoms with Gasteiger partial charge in [-0.25, -0.2) is 0 Å². The fourth-order valence-corrected chi connectivity index (χ4v) is 2.46. The molecule has 0 aliphatic carbocycles. The first kappa shape index (κ1) is 14.5. The molecule has 1 N–H and O–H groups in total. The summed E-state index contributed by atoms with van der Waals surface area (Å²) in [5, 5.41) is 24.0. The maximum absolute atomic E-state index is 11.0. The normalized spacial score (nSPS) is 11.0. The van der Waals surface area contributed by atoms with Crippen molar-refractivity contribution in [3.05, 3.63) is 38.9 Å². The maximum Gasteiger partial charge on any atom is 0.273 e. The third-order valence-electron chi connectivity index (χ3n) is 2.78. The monoisotopic (exact) mass is 292 g/mol. The number of aryl methyl sites for hydroxylation is 1. The van der Waals surface area contributed by atoms with E-state index in [9.17, 15) is 10.1 Å². The standard InChI is InChI=1S/C13H16N4O2S/c1-8(2)14-7-12-15-16-13(20-12)10-5-4-9(3)11(6-10)17(18)19/h4-6,8,14H,7H2,1-3H3. The molecule has 1 aromatic heterocycles. The van der Waals surface area contributed by atoms with Gasteiger partial charge in [0, 0.05) is 29.8 Å². The predicted octanol–water partition coefficient (Wildman–Crippen LogP) is 2.92. The molecule has 0 amide bonds. The van der Waals surface area contributed by atoms with E-state index in [4.69, 9.17) is 0 Å². The molecule has 0 spiro atoms. The van der Waals surface area contributed by atoms with E-state index in [-0.39, 0.29) is 10.6 Å². The topological polar surface area (TPSA) is 81.0 Å². The zero-order valence-electron chi connectivity index (χ0n) is 11.6. The Labute approximate surface area is 121 Å². The summed E-state index contributed by atoms with van der Waals surface area (Å²) in [7, 11) is 0. The van der Waals surface area contributed by atoms with Gasteiger partial charge in [-0.2, -0.15) is 0 Å². The Morgan fingerprint density at radius 2 is 2.15 bits per heavy atom. The van der Waals surface area contributed by atoms with Crippen LogP contribution >= 0.6 is 11.3 Å². The van der Waals surface area contributed by atoms with E-state index in [1.807, 2.05) is 6.07 Å². The lowest BCUT2D eigenvalue weighted by Crippen LogP contribution is -2.21. The molecule has 6 nitrogen and oxygen atoms in total. The first-order chi connectivity index (χ1) is 9.47. The Bertz CT molecular complexity index is 625. The van der Waals surface area contributed by atoms with Crippen LogP contribution in [0, 0.1) is 17.0 Å². The van der Waals surface area contributed by atoms with Crippen LogP contribution in [-0.4, -0.2) is 21.2 Å². The van der Waals surface area contributed by atoms with E-state index >= 15 is 0 Å².